The second kappa shape index (κ2) is 8.35. The molecule has 0 radical (unpaired) electrons. The first-order chi connectivity index (χ1) is 13.0. The minimum Gasteiger partial charge on any atom is -0.353 e. The van der Waals surface area contributed by atoms with Gasteiger partial charge < -0.3 is 5.32 Å². The molecule has 0 fully saturated rings. The highest BCUT2D eigenvalue weighted by Crippen LogP contribution is 2.20. The molecule has 1 atom stereocenters. The average Bonchev–Trinajstić information content (AvgIpc) is 2.67. The molecule has 0 saturated heterocycles. The van der Waals surface area contributed by atoms with Crippen LogP contribution in [0.3, 0.4) is 0 Å². The lowest BCUT2D eigenvalue weighted by atomic mass is 10.1. The summed E-state index contributed by atoms with van der Waals surface area (Å²) in [6.07, 6.45) is 1.60. The van der Waals surface area contributed by atoms with Gasteiger partial charge in [-0.1, -0.05) is 43.8 Å². The number of nitrogens with zero attached hydrogens (tertiary/aromatic N) is 3. The van der Waals surface area contributed by atoms with E-state index in [0.717, 1.165) is 0 Å². The summed E-state index contributed by atoms with van der Waals surface area (Å²) in [7, 11) is 0. The van der Waals surface area contributed by atoms with Gasteiger partial charge >= 0.3 is 0 Å². The van der Waals surface area contributed by atoms with Crippen LogP contribution in [0.15, 0.2) is 58.6 Å². The second-order valence-electron chi connectivity index (χ2n) is 6.63. The quantitative estimate of drug-likeness (QED) is 0.524. The Morgan fingerprint density at radius 3 is 2.59 bits per heavy atom. The van der Waals surface area contributed by atoms with E-state index in [0.29, 0.717) is 27.8 Å². The first-order valence-corrected chi connectivity index (χ1v) is 9.81. The molecule has 0 aliphatic rings. The van der Waals surface area contributed by atoms with E-state index in [1.165, 1.54) is 16.3 Å². The van der Waals surface area contributed by atoms with Crippen molar-refractivity contribution < 1.29 is 4.79 Å². The maximum atomic E-state index is 13.0. The van der Waals surface area contributed by atoms with Crippen LogP contribution >= 0.6 is 11.8 Å². The first kappa shape index (κ1) is 19.1. The van der Waals surface area contributed by atoms with Gasteiger partial charge in [-0.2, -0.15) is 0 Å². The predicted octanol–water partition coefficient (Wildman–Crippen LogP) is 3.03. The smallest absolute Gasteiger partial charge is 0.268 e. The van der Waals surface area contributed by atoms with Crippen molar-refractivity contribution in [2.45, 2.75) is 32.0 Å². The van der Waals surface area contributed by atoms with Crippen molar-refractivity contribution in [3.8, 4) is 5.69 Å². The van der Waals surface area contributed by atoms with Gasteiger partial charge in [0.2, 0.25) is 5.91 Å². The van der Waals surface area contributed by atoms with E-state index in [9.17, 15) is 9.59 Å². The number of fused-ring (bicyclic) bond motifs is 1. The van der Waals surface area contributed by atoms with Crippen LogP contribution in [0.1, 0.15) is 20.8 Å². The van der Waals surface area contributed by atoms with E-state index in [1.54, 1.807) is 18.3 Å². The molecule has 140 valence electrons. The molecule has 1 amide bonds. The lowest BCUT2D eigenvalue weighted by molar-refractivity contribution is -0.119. The fraction of sp³-hybridized carbons (Fsp3) is 0.300. The summed E-state index contributed by atoms with van der Waals surface area (Å²) in [6, 6.07) is 12.8. The Labute approximate surface area is 162 Å². The number of para-hydroxylation sites is 1. The lowest BCUT2D eigenvalue weighted by Gasteiger charge is -2.17. The average molecular weight is 382 g/mol. The van der Waals surface area contributed by atoms with E-state index < -0.39 is 0 Å². The molecule has 1 N–H and O–H groups in total. The highest BCUT2D eigenvalue weighted by Gasteiger charge is 2.16. The standard InChI is InChI=1S/C20H22N4O2S/c1-13(2)14(3)22-17(25)12-27-20-23-18-16(10-7-11-21-18)19(26)24(20)15-8-5-4-6-9-15/h4-11,13-14H,12H2,1-3H3,(H,22,25)/t14-/m1/s1. The van der Waals surface area contributed by atoms with Crippen molar-refractivity contribution in [3.05, 3.63) is 59.0 Å². The van der Waals surface area contributed by atoms with Crippen LogP contribution in [0.25, 0.3) is 16.7 Å². The molecular weight excluding hydrogens is 360 g/mol. The molecular formula is C20H22N4O2S. The molecule has 6 nitrogen and oxygen atoms in total. The molecule has 0 spiro atoms. The summed E-state index contributed by atoms with van der Waals surface area (Å²) in [5, 5.41) is 3.87. The zero-order chi connectivity index (χ0) is 19.4. The number of amides is 1. The van der Waals surface area contributed by atoms with Gasteiger partial charge in [0.25, 0.3) is 5.56 Å². The van der Waals surface area contributed by atoms with Gasteiger partial charge in [0.1, 0.15) is 0 Å². The highest BCUT2D eigenvalue weighted by molar-refractivity contribution is 7.99. The van der Waals surface area contributed by atoms with Gasteiger partial charge in [-0.3, -0.25) is 14.2 Å². The number of nitrogens with one attached hydrogen (secondary N) is 1. The van der Waals surface area contributed by atoms with Gasteiger partial charge in [-0.05, 0) is 37.1 Å². The molecule has 0 aliphatic carbocycles. The number of aromatic nitrogens is 3. The molecule has 2 heterocycles. The third-order valence-corrected chi connectivity index (χ3v) is 5.29. The van der Waals surface area contributed by atoms with Gasteiger partial charge in [0, 0.05) is 12.2 Å². The Morgan fingerprint density at radius 1 is 1.15 bits per heavy atom. The first-order valence-electron chi connectivity index (χ1n) is 8.82. The predicted molar refractivity (Wildman–Crippen MR) is 108 cm³/mol. The second-order valence-corrected chi connectivity index (χ2v) is 7.58. The van der Waals surface area contributed by atoms with Crippen LogP contribution in [-0.2, 0) is 4.79 Å². The van der Waals surface area contributed by atoms with E-state index in [2.05, 4.69) is 29.1 Å². The molecule has 3 rings (SSSR count). The maximum absolute atomic E-state index is 13.0. The Hall–Kier alpha value is -2.67. The number of carbonyl (C=O) groups excluding carboxylic acids is 1. The van der Waals surface area contributed by atoms with E-state index in [1.807, 2.05) is 37.3 Å². The SMILES string of the molecule is CC(C)[C@@H](C)NC(=O)CSc1nc2ncccc2c(=O)n1-c1ccccc1. The highest BCUT2D eigenvalue weighted by atomic mass is 32.2. The third kappa shape index (κ3) is 4.36. The number of pyridine rings is 1. The topological polar surface area (TPSA) is 76.9 Å². The lowest BCUT2D eigenvalue weighted by Crippen LogP contribution is -2.37. The van der Waals surface area contributed by atoms with E-state index in [4.69, 9.17) is 0 Å². The summed E-state index contributed by atoms with van der Waals surface area (Å²) < 4.78 is 1.54. The number of carbonyl (C=O) groups is 1. The largest absolute Gasteiger partial charge is 0.353 e. The number of hydrogen-bond donors (Lipinski definition) is 1. The molecule has 1 aromatic carbocycles. The third-order valence-electron chi connectivity index (χ3n) is 4.35. The summed E-state index contributed by atoms with van der Waals surface area (Å²) in [4.78, 5) is 34.0. The molecule has 0 saturated carbocycles. The summed E-state index contributed by atoms with van der Waals surface area (Å²) in [5.41, 5.74) is 0.894. The number of rotatable bonds is 6. The Bertz CT molecular complexity index is 1000. The Morgan fingerprint density at radius 2 is 1.89 bits per heavy atom. The van der Waals surface area contributed by atoms with Crippen molar-refractivity contribution in [3.63, 3.8) is 0 Å². The van der Waals surface area contributed by atoms with E-state index in [-0.39, 0.29) is 23.3 Å². The van der Waals surface area contributed by atoms with Crippen LogP contribution in [-0.4, -0.2) is 32.2 Å². The van der Waals surface area contributed by atoms with Crippen molar-refractivity contribution in [2.75, 3.05) is 5.75 Å². The van der Waals surface area contributed by atoms with Crippen LogP contribution in [0, 0.1) is 5.92 Å². The van der Waals surface area contributed by atoms with Crippen LogP contribution < -0.4 is 10.9 Å². The molecule has 0 unspecified atom stereocenters. The minimum atomic E-state index is -0.197. The van der Waals surface area contributed by atoms with Gasteiger partial charge in [-0.15, -0.1) is 0 Å². The minimum absolute atomic E-state index is 0.0839. The fourth-order valence-corrected chi connectivity index (χ4v) is 3.31. The van der Waals surface area contributed by atoms with Crippen molar-refractivity contribution in [1.29, 1.82) is 0 Å². The van der Waals surface area contributed by atoms with Gasteiger partial charge in [0.05, 0.1) is 16.8 Å². The maximum Gasteiger partial charge on any atom is 0.268 e. The monoisotopic (exact) mass is 382 g/mol. The molecule has 27 heavy (non-hydrogen) atoms. The Kier molecular flexibility index (Phi) is 5.91. The molecule has 0 aliphatic heterocycles. The zero-order valence-electron chi connectivity index (χ0n) is 15.5. The van der Waals surface area contributed by atoms with Crippen LogP contribution in [0.4, 0.5) is 0 Å². The normalized spacial score (nSPS) is 12.3. The number of thioether (sulfide) groups is 1. The van der Waals surface area contributed by atoms with Crippen molar-refractivity contribution in [1.82, 2.24) is 19.9 Å². The summed E-state index contributed by atoms with van der Waals surface area (Å²) in [6.45, 7) is 6.09. The molecule has 3 aromatic rings. The Balaban J connectivity index is 1.96. The number of hydrogen-bond acceptors (Lipinski definition) is 5. The summed E-state index contributed by atoms with van der Waals surface area (Å²) >= 11 is 1.23. The van der Waals surface area contributed by atoms with Crippen LogP contribution in [0.5, 0.6) is 0 Å². The molecule has 2 aromatic heterocycles. The fourth-order valence-electron chi connectivity index (χ4n) is 2.49. The summed E-state index contributed by atoms with van der Waals surface area (Å²) in [5.74, 6) is 0.440. The molecule has 7 heteroatoms. The van der Waals surface area contributed by atoms with Gasteiger partial charge in [0.15, 0.2) is 10.8 Å². The van der Waals surface area contributed by atoms with Crippen molar-refractivity contribution in [2.24, 2.45) is 5.92 Å². The van der Waals surface area contributed by atoms with Gasteiger partial charge in [-0.25, -0.2) is 9.97 Å². The van der Waals surface area contributed by atoms with Crippen molar-refractivity contribution >= 4 is 28.7 Å². The zero-order valence-corrected chi connectivity index (χ0v) is 16.4. The number of benzene rings is 1. The van der Waals surface area contributed by atoms with E-state index >= 15 is 0 Å². The van der Waals surface area contributed by atoms with Crippen LogP contribution in [0.2, 0.25) is 0 Å². The molecule has 0 bridgehead atoms.